The van der Waals surface area contributed by atoms with Crippen molar-refractivity contribution in [3.05, 3.63) is 58.7 Å². The standard InChI is InChI=1S/C26H19N3O5/c1-25-20-10(13(9-34-25)26(25,33)24(31)32)6-7-15-18(20)19-17-12(8-27-23(17)30)16-11-4-2-3-5-14(11)28-21(16)22(19)29-15/h2-7,13,28-29,33H,8-9H2,1H3,(H,27,30)(H,31,32). The highest BCUT2D eigenvalue weighted by Crippen LogP contribution is 2.62. The Labute approximate surface area is 191 Å². The number of hydrogen-bond donors (Lipinski definition) is 5. The zero-order valence-corrected chi connectivity index (χ0v) is 18.1. The van der Waals surface area contributed by atoms with Crippen LogP contribution in [0.25, 0.3) is 43.6 Å². The van der Waals surface area contributed by atoms with E-state index in [2.05, 4.69) is 15.3 Å². The lowest BCUT2D eigenvalue weighted by molar-refractivity contribution is -0.177. The molecule has 2 aliphatic heterocycles. The smallest absolute Gasteiger partial charge is 0.339 e. The monoisotopic (exact) mass is 453 g/mol. The highest BCUT2D eigenvalue weighted by atomic mass is 16.5. The molecule has 168 valence electrons. The van der Waals surface area contributed by atoms with Gasteiger partial charge in [0.2, 0.25) is 5.60 Å². The van der Waals surface area contributed by atoms with Gasteiger partial charge in [-0.05, 0) is 30.2 Å². The molecule has 8 heteroatoms. The number of nitrogens with one attached hydrogen (secondary N) is 3. The molecule has 5 N–H and O–H groups in total. The van der Waals surface area contributed by atoms with E-state index in [1.807, 2.05) is 36.4 Å². The van der Waals surface area contributed by atoms with Crippen molar-refractivity contribution in [1.82, 2.24) is 15.3 Å². The third kappa shape index (κ3) is 1.71. The number of aliphatic carboxylic acids is 1. The SMILES string of the molecule is CC12OCC(c3ccc4[nH]c5c6[nH]c7ccccc7c6c6c(c5c4c31)C(=O)NC6)C2(O)C(=O)O. The first-order chi connectivity index (χ1) is 16.4. The molecule has 3 aromatic carbocycles. The van der Waals surface area contributed by atoms with E-state index in [1.165, 1.54) is 0 Å². The minimum Gasteiger partial charge on any atom is -0.479 e. The molecule has 1 fully saturated rings. The number of carbonyl (C=O) groups excluding carboxylic acids is 1. The number of aromatic nitrogens is 2. The summed E-state index contributed by atoms with van der Waals surface area (Å²) in [6.07, 6.45) is 0. The molecule has 1 saturated heterocycles. The van der Waals surface area contributed by atoms with Gasteiger partial charge < -0.3 is 30.2 Å². The van der Waals surface area contributed by atoms with E-state index < -0.39 is 23.1 Å². The molecule has 0 saturated carbocycles. The average Bonchev–Trinajstić information content (AvgIpc) is 3.58. The fraction of sp³-hybridized carbons (Fsp3) is 0.231. The molecule has 1 aliphatic carbocycles. The molecule has 5 aromatic rings. The Kier molecular flexibility index (Phi) is 2.96. The Morgan fingerprint density at radius 3 is 2.65 bits per heavy atom. The molecule has 2 aromatic heterocycles. The van der Waals surface area contributed by atoms with Crippen molar-refractivity contribution in [2.75, 3.05) is 6.61 Å². The van der Waals surface area contributed by atoms with Gasteiger partial charge >= 0.3 is 5.97 Å². The third-order valence-electron chi connectivity index (χ3n) is 8.41. The van der Waals surface area contributed by atoms with Crippen molar-refractivity contribution in [2.24, 2.45) is 0 Å². The molecular formula is C26H19N3O5. The molecule has 34 heavy (non-hydrogen) atoms. The molecular weight excluding hydrogens is 434 g/mol. The predicted octanol–water partition coefficient (Wildman–Crippen LogP) is 3.36. The Morgan fingerprint density at radius 1 is 1.06 bits per heavy atom. The van der Waals surface area contributed by atoms with Crippen LogP contribution in [0.1, 0.15) is 39.9 Å². The van der Waals surface area contributed by atoms with E-state index in [0.717, 1.165) is 54.7 Å². The van der Waals surface area contributed by atoms with Gasteiger partial charge in [0.25, 0.3) is 5.91 Å². The van der Waals surface area contributed by atoms with Gasteiger partial charge in [0.1, 0.15) is 5.60 Å². The molecule has 2 bridgehead atoms. The largest absolute Gasteiger partial charge is 0.479 e. The average molecular weight is 453 g/mol. The molecule has 8 rings (SSSR count). The van der Waals surface area contributed by atoms with Crippen molar-refractivity contribution >= 4 is 55.5 Å². The van der Waals surface area contributed by atoms with Gasteiger partial charge in [-0.15, -0.1) is 0 Å². The summed E-state index contributed by atoms with van der Waals surface area (Å²) in [6.45, 7) is 2.19. The van der Waals surface area contributed by atoms with Crippen LogP contribution >= 0.6 is 0 Å². The number of ether oxygens (including phenoxy) is 1. The number of carboxylic acid groups (broad SMARTS) is 1. The van der Waals surface area contributed by atoms with Gasteiger partial charge in [0.05, 0.1) is 29.1 Å². The Hall–Kier alpha value is -3.88. The molecule has 3 atom stereocenters. The van der Waals surface area contributed by atoms with Crippen LogP contribution in [-0.2, 0) is 21.7 Å². The summed E-state index contributed by atoms with van der Waals surface area (Å²) in [5.74, 6) is -2.14. The number of carbonyl (C=O) groups is 2. The number of amides is 1. The van der Waals surface area contributed by atoms with Crippen LogP contribution in [0.3, 0.4) is 0 Å². The van der Waals surface area contributed by atoms with E-state index in [1.54, 1.807) is 6.92 Å². The van der Waals surface area contributed by atoms with Crippen LogP contribution in [0.4, 0.5) is 0 Å². The normalized spacial score (nSPS) is 27.2. The van der Waals surface area contributed by atoms with Gasteiger partial charge in [0.15, 0.2) is 0 Å². The summed E-state index contributed by atoms with van der Waals surface area (Å²) in [4.78, 5) is 32.5. The minimum atomic E-state index is -2.08. The fourth-order valence-electron chi connectivity index (χ4n) is 6.89. The van der Waals surface area contributed by atoms with Gasteiger partial charge in [-0.2, -0.15) is 0 Å². The van der Waals surface area contributed by atoms with Gasteiger partial charge in [0, 0.05) is 44.7 Å². The van der Waals surface area contributed by atoms with E-state index in [-0.39, 0.29) is 12.5 Å². The Morgan fingerprint density at radius 2 is 1.82 bits per heavy atom. The van der Waals surface area contributed by atoms with Gasteiger partial charge in [-0.1, -0.05) is 24.3 Å². The number of fused-ring (bicyclic) bond motifs is 16. The summed E-state index contributed by atoms with van der Waals surface area (Å²) in [6, 6.07) is 11.8. The van der Waals surface area contributed by atoms with Crippen LogP contribution in [-0.4, -0.2) is 44.3 Å². The van der Waals surface area contributed by atoms with E-state index in [0.29, 0.717) is 17.7 Å². The molecule has 8 nitrogen and oxygen atoms in total. The Bertz CT molecular complexity index is 1810. The fourth-order valence-corrected chi connectivity index (χ4v) is 6.89. The summed E-state index contributed by atoms with van der Waals surface area (Å²) in [7, 11) is 0. The predicted molar refractivity (Wildman–Crippen MR) is 125 cm³/mol. The number of rotatable bonds is 1. The number of carboxylic acids is 1. The van der Waals surface area contributed by atoms with Crippen molar-refractivity contribution < 1.29 is 24.5 Å². The highest BCUT2D eigenvalue weighted by molar-refractivity contribution is 6.30. The molecule has 0 radical (unpaired) electrons. The first-order valence-corrected chi connectivity index (χ1v) is 11.3. The third-order valence-corrected chi connectivity index (χ3v) is 8.41. The lowest BCUT2D eigenvalue weighted by Crippen LogP contribution is -2.51. The van der Waals surface area contributed by atoms with Crippen LogP contribution in [0.5, 0.6) is 0 Å². The quantitative estimate of drug-likeness (QED) is 0.266. The topological polar surface area (TPSA) is 127 Å². The van der Waals surface area contributed by atoms with Gasteiger partial charge in [-0.25, -0.2) is 4.79 Å². The summed E-state index contributed by atoms with van der Waals surface area (Å²) in [5.41, 5.74) is 2.84. The summed E-state index contributed by atoms with van der Waals surface area (Å²) in [5, 5.41) is 28.0. The second kappa shape index (κ2) is 5.43. The summed E-state index contributed by atoms with van der Waals surface area (Å²) >= 11 is 0. The maximum absolute atomic E-state index is 13.2. The maximum atomic E-state index is 13.2. The van der Waals surface area contributed by atoms with Crippen molar-refractivity contribution in [3.63, 3.8) is 0 Å². The highest BCUT2D eigenvalue weighted by Gasteiger charge is 2.71. The zero-order chi connectivity index (χ0) is 23.1. The Balaban J connectivity index is 1.62. The van der Waals surface area contributed by atoms with Crippen molar-refractivity contribution in [1.29, 1.82) is 0 Å². The zero-order valence-electron chi connectivity index (χ0n) is 18.1. The first kappa shape index (κ1) is 18.5. The van der Waals surface area contributed by atoms with Crippen molar-refractivity contribution in [3.8, 4) is 0 Å². The number of H-pyrrole nitrogens is 2. The van der Waals surface area contributed by atoms with Crippen LogP contribution < -0.4 is 5.32 Å². The summed E-state index contributed by atoms with van der Waals surface area (Å²) < 4.78 is 6.00. The number of hydrogen-bond acceptors (Lipinski definition) is 4. The number of para-hydroxylation sites is 1. The number of benzene rings is 3. The second-order valence-electron chi connectivity index (χ2n) is 9.75. The van der Waals surface area contributed by atoms with E-state index >= 15 is 0 Å². The molecule has 3 aliphatic rings. The number of aliphatic hydroxyl groups is 1. The van der Waals surface area contributed by atoms with E-state index in [4.69, 9.17) is 4.74 Å². The van der Waals surface area contributed by atoms with E-state index in [9.17, 15) is 19.8 Å². The van der Waals surface area contributed by atoms with Crippen LogP contribution in [0.15, 0.2) is 36.4 Å². The lowest BCUT2D eigenvalue weighted by Gasteiger charge is -2.32. The van der Waals surface area contributed by atoms with Crippen LogP contribution in [0.2, 0.25) is 0 Å². The van der Waals surface area contributed by atoms with Crippen LogP contribution in [0, 0.1) is 0 Å². The second-order valence-corrected chi connectivity index (χ2v) is 9.75. The molecule has 3 unspecified atom stereocenters. The molecule has 0 spiro atoms. The molecule has 4 heterocycles. The minimum absolute atomic E-state index is 0.130. The molecule has 1 amide bonds. The van der Waals surface area contributed by atoms with Gasteiger partial charge in [-0.3, -0.25) is 4.79 Å². The maximum Gasteiger partial charge on any atom is 0.339 e. The first-order valence-electron chi connectivity index (χ1n) is 11.3. The lowest BCUT2D eigenvalue weighted by atomic mass is 9.81. The van der Waals surface area contributed by atoms with Crippen molar-refractivity contribution in [2.45, 2.75) is 30.6 Å². The number of aromatic amines is 2.